The molecule has 4 aromatic rings. The van der Waals surface area contributed by atoms with E-state index in [0.717, 1.165) is 22.3 Å². The number of rotatable bonds is 6. The average Bonchev–Trinajstić information content (AvgIpc) is 3.17. The molecule has 0 saturated carbocycles. The Bertz CT molecular complexity index is 1010. The van der Waals surface area contributed by atoms with E-state index in [0.29, 0.717) is 0 Å². The summed E-state index contributed by atoms with van der Waals surface area (Å²) in [5.41, 5.74) is 3.13. The zero-order chi connectivity index (χ0) is 18.3. The van der Waals surface area contributed by atoms with Crippen LogP contribution in [0.4, 0.5) is 0 Å². The average molecular weight is 371 g/mol. The number of benzene rings is 3. The van der Waals surface area contributed by atoms with E-state index in [9.17, 15) is 0 Å². The largest absolute Gasteiger partial charge is 0.363 e. The molecule has 132 valence electrons. The molecule has 1 heterocycles. The Morgan fingerprint density at radius 1 is 0.815 bits per heavy atom. The molecule has 0 amide bonds. The maximum absolute atomic E-state index is 4.70. The van der Waals surface area contributed by atoms with Gasteiger partial charge in [-0.1, -0.05) is 83.6 Å². The van der Waals surface area contributed by atoms with Crippen molar-refractivity contribution in [1.82, 2.24) is 15.1 Å². The van der Waals surface area contributed by atoms with E-state index in [1.165, 1.54) is 5.56 Å². The van der Waals surface area contributed by atoms with Gasteiger partial charge in [-0.15, -0.1) is 0 Å². The molecular formula is C22H19N4S+. The van der Waals surface area contributed by atoms with Gasteiger partial charge in [0.1, 0.15) is 5.69 Å². The lowest BCUT2D eigenvalue weighted by molar-refractivity contribution is -0.698. The van der Waals surface area contributed by atoms with Crippen molar-refractivity contribution in [2.45, 2.75) is 5.16 Å². The van der Waals surface area contributed by atoms with Gasteiger partial charge in [0.05, 0.1) is 10.3 Å². The number of hydrogen-bond acceptors (Lipinski definition) is 3. The molecule has 0 fully saturated rings. The van der Waals surface area contributed by atoms with Crippen LogP contribution in [0.25, 0.3) is 17.5 Å². The van der Waals surface area contributed by atoms with Gasteiger partial charge in [0.15, 0.2) is 5.69 Å². The first-order valence-electron chi connectivity index (χ1n) is 8.75. The molecule has 0 atom stereocenters. The number of aromatic nitrogens is 4. The van der Waals surface area contributed by atoms with Crippen LogP contribution in [0.15, 0.2) is 102 Å². The topological polar surface area (TPSA) is 34.6 Å². The molecule has 0 unspecified atom stereocenters. The highest BCUT2D eigenvalue weighted by Crippen LogP contribution is 2.15. The fourth-order valence-electron chi connectivity index (χ4n) is 2.63. The van der Waals surface area contributed by atoms with Crippen molar-refractivity contribution in [1.29, 1.82) is 0 Å². The highest BCUT2D eigenvalue weighted by atomic mass is 32.2. The molecular weight excluding hydrogens is 352 g/mol. The van der Waals surface area contributed by atoms with E-state index < -0.39 is 0 Å². The van der Waals surface area contributed by atoms with Gasteiger partial charge in [0, 0.05) is 10.5 Å². The van der Waals surface area contributed by atoms with Gasteiger partial charge in [0.2, 0.25) is 0 Å². The summed E-state index contributed by atoms with van der Waals surface area (Å²) < 4.78 is 1.88. The van der Waals surface area contributed by atoms with E-state index in [1.807, 2.05) is 83.5 Å². The van der Waals surface area contributed by atoms with Crippen LogP contribution in [0.2, 0.25) is 0 Å². The van der Waals surface area contributed by atoms with Crippen molar-refractivity contribution in [3.8, 4) is 11.4 Å². The molecule has 4 nitrogen and oxygen atoms in total. The van der Waals surface area contributed by atoms with E-state index in [4.69, 9.17) is 5.10 Å². The monoisotopic (exact) mass is 371 g/mol. The maximum atomic E-state index is 4.70. The predicted octanol–water partition coefficient (Wildman–Crippen LogP) is 4.35. The lowest BCUT2D eigenvalue weighted by Crippen LogP contribution is -2.35. The standard InChI is InChI=1S/C22H19N4S/c1-4-11-19(12-5-1)13-10-18-27-22-23-26(21-16-8-3-9-17-21)24-25(22)20-14-6-2-7-15-20/h1-17H,18H2/q+1/b13-10+. The zero-order valence-corrected chi connectivity index (χ0v) is 15.5. The van der Waals surface area contributed by atoms with Crippen LogP contribution < -0.4 is 4.68 Å². The van der Waals surface area contributed by atoms with Crippen molar-refractivity contribution in [3.63, 3.8) is 0 Å². The SMILES string of the molecule is C(=C\c1ccccc1)/CSc1nn(-c2ccccc2)n[n+]1-c1ccccc1. The molecule has 0 bridgehead atoms. The molecule has 0 aliphatic carbocycles. The second-order valence-electron chi connectivity index (χ2n) is 5.87. The van der Waals surface area contributed by atoms with Crippen LogP contribution in [-0.4, -0.2) is 20.9 Å². The Morgan fingerprint density at radius 3 is 2.15 bits per heavy atom. The van der Waals surface area contributed by atoms with Crippen LogP contribution in [0.5, 0.6) is 0 Å². The molecule has 4 rings (SSSR count). The number of tetrazole rings is 1. The minimum Gasteiger partial charge on any atom is -0.0918 e. The Morgan fingerprint density at radius 2 is 1.44 bits per heavy atom. The molecule has 3 aromatic carbocycles. The van der Waals surface area contributed by atoms with Crippen LogP contribution in [-0.2, 0) is 0 Å². The van der Waals surface area contributed by atoms with Crippen molar-refractivity contribution < 1.29 is 4.68 Å². The normalized spacial score (nSPS) is 11.1. The van der Waals surface area contributed by atoms with Gasteiger partial charge < -0.3 is 0 Å². The first-order valence-corrected chi connectivity index (χ1v) is 9.74. The quantitative estimate of drug-likeness (QED) is 0.373. The molecule has 0 radical (unpaired) electrons. The smallest absolute Gasteiger partial charge is 0.0918 e. The van der Waals surface area contributed by atoms with Gasteiger partial charge in [-0.25, -0.2) is 0 Å². The first kappa shape index (κ1) is 17.2. The molecule has 0 spiro atoms. The minimum atomic E-state index is 0.815. The molecule has 0 N–H and O–H groups in total. The third kappa shape index (κ3) is 4.33. The van der Waals surface area contributed by atoms with E-state index >= 15 is 0 Å². The van der Waals surface area contributed by atoms with Crippen LogP contribution in [0.3, 0.4) is 0 Å². The highest BCUT2D eigenvalue weighted by Gasteiger charge is 2.22. The second-order valence-corrected chi connectivity index (χ2v) is 6.86. The maximum Gasteiger partial charge on any atom is 0.363 e. The fourth-order valence-corrected chi connectivity index (χ4v) is 3.37. The lowest BCUT2D eigenvalue weighted by Gasteiger charge is -1.95. The summed E-state index contributed by atoms with van der Waals surface area (Å²) in [5.74, 6) is 0.815. The lowest BCUT2D eigenvalue weighted by atomic mass is 10.2. The van der Waals surface area contributed by atoms with Crippen molar-refractivity contribution in [2.24, 2.45) is 0 Å². The molecule has 0 saturated heterocycles. The number of thioether (sulfide) groups is 1. The Hall–Kier alpha value is -3.18. The molecule has 5 heteroatoms. The highest BCUT2D eigenvalue weighted by molar-refractivity contribution is 7.99. The fraction of sp³-hybridized carbons (Fsp3) is 0.0455. The van der Waals surface area contributed by atoms with Crippen LogP contribution >= 0.6 is 11.8 Å². The van der Waals surface area contributed by atoms with Gasteiger partial charge in [-0.05, 0) is 41.6 Å². The van der Waals surface area contributed by atoms with E-state index in [-0.39, 0.29) is 0 Å². The molecule has 1 aromatic heterocycles. The molecule has 0 aliphatic rings. The molecule has 0 aliphatic heterocycles. The Labute approximate surface area is 162 Å². The van der Waals surface area contributed by atoms with Gasteiger partial charge in [0.25, 0.3) is 0 Å². The van der Waals surface area contributed by atoms with Crippen molar-refractivity contribution in [2.75, 3.05) is 5.75 Å². The summed E-state index contributed by atoms with van der Waals surface area (Å²) in [6.07, 6.45) is 4.28. The summed E-state index contributed by atoms with van der Waals surface area (Å²) in [6.45, 7) is 0. The number of nitrogens with zero attached hydrogens (tertiary/aromatic N) is 4. The third-order valence-electron chi connectivity index (χ3n) is 3.94. The Kier molecular flexibility index (Phi) is 5.41. The van der Waals surface area contributed by atoms with E-state index in [1.54, 1.807) is 16.6 Å². The summed E-state index contributed by atoms with van der Waals surface area (Å²) in [6, 6.07) is 30.3. The van der Waals surface area contributed by atoms with E-state index in [2.05, 4.69) is 29.5 Å². The number of para-hydroxylation sites is 2. The second kappa shape index (κ2) is 8.47. The summed E-state index contributed by atoms with van der Waals surface area (Å²) >= 11 is 1.66. The summed E-state index contributed by atoms with van der Waals surface area (Å²) in [5, 5.41) is 10.2. The predicted molar refractivity (Wildman–Crippen MR) is 109 cm³/mol. The van der Waals surface area contributed by atoms with Crippen molar-refractivity contribution >= 4 is 17.8 Å². The van der Waals surface area contributed by atoms with Crippen LogP contribution in [0, 0.1) is 0 Å². The van der Waals surface area contributed by atoms with Crippen molar-refractivity contribution in [3.05, 3.63) is 103 Å². The molecule has 27 heavy (non-hydrogen) atoms. The number of hydrogen-bond donors (Lipinski definition) is 0. The third-order valence-corrected chi connectivity index (χ3v) is 4.81. The zero-order valence-electron chi connectivity index (χ0n) is 14.7. The minimum absolute atomic E-state index is 0.815. The Balaban J connectivity index is 1.58. The van der Waals surface area contributed by atoms with Gasteiger partial charge >= 0.3 is 5.16 Å². The first-order chi connectivity index (χ1) is 13.4. The van der Waals surface area contributed by atoms with Crippen LogP contribution in [0.1, 0.15) is 5.56 Å². The summed E-state index contributed by atoms with van der Waals surface area (Å²) in [4.78, 5) is 1.68. The summed E-state index contributed by atoms with van der Waals surface area (Å²) in [7, 11) is 0. The van der Waals surface area contributed by atoms with Gasteiger partial charge in [-0.2, -0.15) is 0 Å². The van der Waals surface area contributed by atoms with Gasteiger partial charge in [-0.3, -0.25) is 0 Å².